The number of carbonyl (C=O) groups is 2. The maximum absolute atomic E-state index is 12.1. The largest absolute Gasteiger partial charge is 0.343 e. The molecular weight excluding hydrogens is 368 g/mol. The number of anilines is 1. The van der Waals surface area contributed by atoms with E-state index in [0.717, 1.165) is 10.0 Å². The fraction of sp³-hybridized carbons (Fsp3) is 0.263. The Bertz CT molecular complexity index is 717. The number of hydrogen-bond acceptors (Lipinski definition) is 2. The maximum atomic E-state index is 12.1. The van der Waals surface area contributed by atoms with Crippen LogP contribution in [0.3, 0.4) is 0 Å². The van der Waals surface area contributed by atoms with Gasteiger partial charge in [0.1, 0.15) is 0 Å². The van der Waals surface area contributed by atoms with E-state index in [1.54, 1.807) is 24.3 Å². The van der Waals surface area contributed by atoms with E-state index in [2.05, 4.69) is 47.3 Å². The van der Waals surface area contributed by atoms with Gasteiger partial charge in [0.05, 0.1) is 6.54 Å². The summed E-state index contributed by atoms with van der Waals surface area (Å²) in [6.07, 6.45) is 0. The van der Waals surface area contributed by atoms with Crippen LogP contribution in [0.15, 0.2) is 53.0 Å². The minimum Gasteiger partial charge on any atom is -0.343 e. The van der Waals surface area contributed by atoms with Crippen LogP contribution >= 0.6 is 15.9 Å². The van der Waals surface area contributed by atoms with Gasteiger partial charge in [0.15, 0.2) is 0 Å². The minimum atomic E-state index is -0.267. The number of nitrogens with one attached hydrogen (secondary N) is 2. The molecule has 2 rings (SSSR count). The smallest absolute Gasteiger partial charge is 0.251 e. The third-order valence-electron chi connectivity index (χ3n) is 3.55. The van der Waals surface area contributed by atoms with Crippen molar-refractivity contribution in [1.82, 2.24) is 5.32 Å². The lowest BCUT2D eigenvalue weighted by Crippen LogP contribution is -2.32. The fourth-order valence-electron chi connectivity index (χ4n) is 2.12. The van der Waals surface area contributed by atoms with Gasteiger partial charge in [0.25, 0.3) is 5.91 Å². The highest BCUT2D eigenvalue weighted by Gasteiger charge is 2.14. The van der Waals surface area contributed by atoms with Crippen molar-refractivity contribution in [2.75, 3.05) is 11.9 Å². The van der Waals surface area contributed by atoms with Crippen LogP contribution in [0, 0.1) is 0 Å². The number of amides is 2. The summed E-state index contributed by atoms with van der Waals surface area (Å²) in [7, 11) is 0. The molecule has 2 amide bonds. The molecule has 2 N–H and O–H groups in total. The lowest BCUT2D eigenvalue weighted by molar-refractivity contribution is -0.115. The van der Waals surface area contributed by atoms with Gasteiger partial charge < -0.3 is 10.6 Å². The molecule has 0 bridgehead atoms. The average Bonchev–Trinajstić information content (AvgIpc) is 2.54. The Kier molecular flexibility index (Phi) is 5.78. The van der Waals surface area contributed by atoms with Gasteiger partial charge in [0.2, 0.25) is 5.91 Å². The first-order valence-electron chi connectivity index (χ1n) is 7.70. The first kappa shape index (κ1) is 18.2. The Morgan fingerprint density at radius 3 is 2.08 bits per heavy atom. The highest BCUT2D eigenvalue weighted by atomic mass is 79.9. The van der Waals surface area contributed by atoms with Crippen LogP contribution in [-0.4, -0.2) is 18.4 Å². The van der Waals surface area contributed by atoms with Crippen molar-refractivity contribution in [3.8, 4) is 0 Å². The number of rotatable bonds is 4. The molecule has 0 saturated heterocycles. The summed E-state index contributed by atoms with van der Waals surface area (Å²) in [5.41, 5.74) is 2.43. The molecule has 0 unspecified atom stereocenters. The molecule has 24 heavy (non-hydrogen) atoms. The van der Waals surface area contributed by atoms with Crippen molar-refractivity contribution in [2.24, 2.45) is 0 Å². The quantitative estimate of drug-likeness (QED) is 0.827. The van der Waals surface area contributed by atoms with Gasteiger partial charge in [-0.15, -0.1) is 0 Å². The van der Waals surface area contributed by atoms with Gasteiger partial charge in [-0.3, -0.25) is 9.59 Å². The number of benzene rings is 2. The van der Waals surface area contributed by atoms with Crippen molar-refractivity contribution < 1.29 is 9.59 Å². The van der Waals surface area contributed by atoms with Crippen molar-refractivity contribution in [2.45, 2.75) is 26.2 Å². The van der Waals surface area contributed by atoms with Crippen LogP contribution in [0.2, 0.25) is 0 Å². The van der Waals surface area contributed by atoms with E-state index in [-0.39, 0.29) is 23.8 Å². The molecule has 4 nitrogen and oxygen atoms in total. The van der Waals surface area contributed by atoms with Crippen LogP contribution < -0.4 is 10.6 Å². The minimum absolute atomic E-state index is 0.0412. The summed E-state index contributed by atoms with van der Waals surface area (Å²) in [4.78, 5) is 24.0. The summed E-state index contributed by atoms with van der Waals surface area (Å²) in [6, 6.07) is 14.7. The second kappa shape index (κ2) is 7.62. The maximum Gasteiger partial charge on any atom is 0.251 e. The molecular formula is C19H21BrN2O2. The normalized spacial score (nSPS) is 11.0. The van der Waals surface area contributed by atoms with E-state index in [1.165, 1.54) is 0 Å². The van der Waals surface area contributed by atoms with E-state index < -0.39 is 0 Å². The molecule has 126 valence electrons. The van der Waals surface area contributed by atoms with Crippen LogP contribution in [0.4, 0.5) is 5.69 Å². The van der Waals surface area contributed by atoms with Crippen molar-refractivity contribution in [3.63, 3.8) is 0 Å². The van der Waals surface area contributed by atoms with Gasteiger partial charge in [-0.2, -0.15) is 0 Å². The highest BCUT2D eigenvalue weighted by Crippen LogP contribution is 2.22. The summed E-state index contributed by atoms with van der Waals surface area (Å²) in [5, 5.41) is 5.36. The molecule has 0 spiro atoms. The molecule has 0 saturated carbocycles. The zero-order valence-electron chi connectivity index (χ0n) is 14.0. The van der Waals surface area contributed by atoms with Gasteiger partial charge in [-0.05, 0) is 47.4 Å². The van der Waals surface area contributed by atoms with Gasteiger partial charge in [0, 0.05) is 15.7 Å². The molecule has 5 heteroatoms. The molecule has 2 aromatic carbocycles. The first-order chi connectivity index (χ1) is 11.3. The van der Waals surface area contributed by atoms with E-state index in [0.29, 0.717) is 11.3 Å². The van der Waals surface area contributed by atoms with Gasteiger partial charge in [-0.1, -0.05) is 48.8 Å². The van der Waals surface area contributed by atoms with Crippen LogP contribution in [0.1, 0.15) is 36.7 Å². The van der Waals surface area contributed by atoms with Crippen molar-refractivity contribution in [3.05, 3.63) is 64.1 Å². The number of carbonyl (C=O) groups excluding carboxylic acids is 2. The molecule has 0 heterocycles. The SMILES string of the molecule is CC(C)(C)c1ccc(C(=O)NCC(=O)Nc2ccc(Br)cc2)cc1. The number of halogens is 1. The Hall–Kier alpha value is -2.14. The summed E-state index contributed by atoms with van der Waals surface area (Å²) in [6.45, 7) is 6.29. The van der Waals surface area contributed by atoms with Crippen LogP contribution in [0.25, 0.3) is 0 Å². The zero-order chi connectivity index (χ0) is 17.7. The van der Waals surface area contributed by atoms with Gasteiger partial charge >= 0.3 is 0 Å². The standard InChI is InChI=1S/C19H21BrN2O2/c1-19(2,3)14-6-4-13(5-7-14)18(24)21-12-17(23)22-16-10-8-15(20)9-11-16/h4-11H,12H2,1-3H3,(H,21,24)(H,22,23). The number of hydrogen-bond donors (Lipinski definition) is 2. The summed E-state index contributed by atoms with van der Waals surface area (Å²) < 4.78 is 0.938. The Morgan fingerprint density at radius 1 is 0.958 bits per heavy atom. The van der Waals surface area contributed by atoms with Crippen LogP contribution in [0.5, 0.6) is 0 Å². The fourth-order valence-corrected chi connectivity index (χ4v) is 2.39. The molecule has 0 aliphatic rings. The Labute approximate surface area is 150 Å². The second-order valence-corrected chi connectivity index (χ2v) is 7.48. The third-order valence-corrected chi connectivity index (χ3v) is 4.08. The molecule has 0 radical (unpaired) electrons. The first-order valence-corrected chi connectivity index (χ1v) is 8.49. The van der Waals surface area contributed by atoms with E-state index in [9.17, 15) is 9.59 Å². The predicted octanol–water partition coefficient (Wildman–Crippen LogP) is 4.12. The van der Waals surface area contributed by atoms with Crippen molar-refractivity contribution >= 4 is 33.4 Å². The second-order valence-electron chi connectivity index (χ2n) is 6.57. The molecule has 0 fully saturated rings. The van der Waals surface area contributed by atoms with Crippen LogP contribution in [-0.2, 0) is 10.2 Å². The molecule has 0 aliphatic carbocycles. The molecule has 0 aliphatic heterocycles. The predicted molar refractivity (Wildman–Crippen MR) is 100 cm³/mol. The third kappa shape index (κ3) is 5.20. The molecule has 0 aromatic heterocycles. The Morgan fingerprint density at radius 2 is 1.54 bits per heavy atom. The monoisotopic (exact) mass is 388 g/mol. The average molecular weight is 389 g/mol. The lowest BCUT2D eigenvalue weighted by atomic mass is 9.87. The van der Waals surface area contributed by atoms with Crippen molar-refractivity contribution in [1.29, 1.82) is 0 Å². The van der Waals surface area contributed by atoms with E-state index >= 15 is 0 Å². The van der Waals surface area contributed by atoms with Gasteiger partial charge in [-0.25, -0.2) is 0 Å². The zero-order valence-corrected chi connectivity index (χ0v) is 15.6. The van der Waals surface area contributed by atoms with E-state index in [4.69, 9.17) is 0 Å². The molecule has 2 aromatic rings. The lowest BCUT2D eigenvalue weighted by Gasteiger charge is -2.19. The topological polar surface area (TPSA) is 58.2 Å². The Balaban J connectivity index is 1.88. The summed E-state index contributed by atoms with van der Waals surface area (Å²) >= 11 is 3.33. The van der Waals surface area contributed by atoms with E-state index in [1.807, 2.05) is 24.3 Å². The summed E-state index contributed by atoms with van der Waals surface area (Å²) in [5.74, 6) is -0.529. The molecule has 0 atom stereocenters. The highest BCUT2D eigenvalue weighted by molar-refractivity contribution is 9.10.